The van der Waals surface area contributed by atoms with Gasteiger partial charge in [-0.05, 0) is 109 Å². The molecule has 0 radical (unpaired) electrons. The lowest BCUT2D eigenvalue weighted by Crippen LogP contribution is -2.30. The third-order valence-corrected chi connectivity index (χ3v) is 11.0. The molecular formula is C62H98O6. The molecule has 0 amide bonds. The van der Waals surface area contributed by atoms with Crippen LogP contribution in [0.2, 0.25) is 0 Å². The van der Waals surface area contributed by atoms with E-state index in [9.17, 15) is 14.4 Å². The van der Waals surface area contributed by atoms with Gasteiger partial charge in [0.25, 0.3) is 0 Å². The monoisotopic (exact) mass is 939 g/mol. The zero-order valence-corrected chi connectivity index (χ0v) is 43.6. The summed E-state index contributed by atoms with van der Waals surface area (Å²) < 4.78 is 16.7. The van der Waals surface area contributed by atoms with Crippen molar-refractivity contribution >= 4 is 17.9 Å². The first kappa shape index (κ1) is 63.5. The molecule has 68 heavy (non-hydrogen) atoms. The molecule has 0 saturated carbocycles. The summed E-state index contributed by atoms with van der Waals surface area (Å²) in [6.45, 7) is 6.36. The van der Waals surface area contributed by atoms with Gasteiger partial charge in [-0.3, -0.25) is 14.4 Å². The number of esters is 3. The van der Waals surface area contributed by atoms with Gasteiger partial charge in [-0.1, -0.05) is 225 Å². The molecule has 0 fully saturated rings. The predicted molar refractivity (Wildman–Crippen MR) is 292 cm³/mol. The molecule has 0 N–H and O–H groups in total. The Morgan fingerprint density at radius 3 is 1.16 bits per heavy atom. The molecule has 0 bridgehead atoms. The first-order valence-electron chi connectivity index (χ1n) is 27.2. The van der Waals surface area contributed by atoms with Crippen molar-refractivity contribution in [2.75, 3.05) is 13.2 Å². The molecule has 0 heterocycles. The van der Waals surface area contributed by atoms with Crippen molar-refractivity contribution < 1.29 is 28.6 Å². The normalized spacial score (nSPS) is 13.2. The van der Waals surface area contributed by atoms with Crippen molar-refractivity contribution in [2.24, 2.45) is 0 Å². The molecule has 0 aromatic carbocycles. The summed E-state index contributed by atoms with van der Waals surface area (Å²) in [5.74, 6) is -1.06. The van der Waals surface area contributed by atoms with Crippen molar-refractivity contribution in [1.82, 2.24) is 0 Å². The van der Waals surface area contributed by atoms with E-state index in [1.165, 1.54) is 57.8 Å². The summed E-state index contributed by atoms with van der Waals surface area (Å²) in [7, 11) is 0. The van der Waals surface area contributed by atoms with E-state index in [-0.39, 0.29) is 44.0 Å². The second kappa shape index (κ2) is 55.1. The van der Waals surface area contributed by atoms with E-state index in [0.29, 0.717) is 12.8 Å². The number of carbonyl (C=O) groups excluding carboxylic acids is 3. The molecule has 0 aromatic heterocycles. The molecule has 0 saturated heterocycles. The lowest BCUT2D eigenvalue weighted by molar-refractivity contribution is -0.166. The van der Waals surface area contributed by atoms with E-state index in [0.717, 1.165) is 116 Å². The van der Waals surface area contributed by atoms with Crippen LogP contribution in [0.3, 0.4) is 0 Å². The molecule has 0 aliphatic carbocycles. The fourth-order valence-electron chi connectivity index (χ4n) is 6.88. The van der Waals surface area contributed by atoms with Gasteiger partial charge in [0.2, 0.25) is 0 Å². The average molecular weight is 939 g/mol. The van der Waals surface area contributed by atoms with Crippen LogP contribution >= 0.6 is 0 Å². The van der Waals surface area contributed by atoms with Crippen LogP contribution in [0, 0.1) is 0 Å². The molecule has 0 aliphatic heterocycles. The Morgan fingerprint density at radius 1 is 0.324 bits per heavy atom. The molecule has 0 spiro atoms. The van der Waals surface area contributed by atoms with Crippen LogP contribution in [-0.4, -0.2) is 37.2 Å². The minimum atomic E-state index is -0.832. The summed E-state index contributed by atoms with van der Waals surface area (Å²) in [5, 5.41) is 0. The molecular weight excluding hydrogens is 841 g/mol. The molecule has 6 heteroatoms. The van der Waals surface area contributed by atoms with Crippen molar-refractivity contribution in [2.45, 2.75) is 226 Å². The first-order valence-corrected chi connectivity index (χ1v) is 27.2. The summed E-state index contributed by atoms with van der Waals surface area (Å²) in [6.07, 6.45) is 77.3. The van der Waals surface area contributed by atoms with Gasteiger partial charge in [-0.2, -0.15) is 0 Å². The molecule has 0 aliphatic rings. The predicted octanol–water partition coefficient (Wildman–Crippen LogP) is 18.3. The SMILES string of the molecule is CC/C=C\C/C=C\C/C=C\C/C=C\C/C=C\CCCCCC(=O)OCC(COC(=O)CC/C=C\C/C=C\CCCCCCCC)OC(=O)CCCCCCC\C=C/C=C\C=C/C=C\CCCCC. The lowest BCUT2D eigenvalue weighted by atomic mass is 10.1. The number of rotatable bonds is 47. The molecule has 0 rings (SSSR count). The van der Waals surface area contributed by atoms with Gasteiger partial charge in [0.15, 0.2) is 6.10 Å². The van der Waals surface area contributed by atoms with Crippen LogP contribution < -0.4 is 0 Å². The third-order valence-electron chi connectivity index (χ3n) is 11.0. The smallest absolute Gasteiger partial charge is 0.306 e. The van der Waals surface area contributed by atoms with Crippen molar-refractivity contribution in [3.05, 3.63) is 134 Å². The van der Waals surface area contributed by atoms with Crippen LogP contribution in [0.4, 0.5) is 0 Å². The van der Waals surface area contributed by atoms with Crippen LogP contribution in [0.1, 0.15) is 220 Å². The highest BCUT2D eigenvalue weighted by Gasteiger charge is 2.19. The van der Waals surface area contributed by atoms with Gasteiger partial charge in [0, 0.05) is 19.3 Å². The number of hydrogen-bond donors (Lipinski definition) is 0. The van der Waals surface area contributed by atoms with Gasteiger partial charge in [0.05, 0.1) is 0 Å². The summed E-state index contributed by atoms with van der Waals surface area (Å²) in [6, 6.07) is 0. The van der Waals surface area contributed by atoms with Gasteiger partial charge < -0.3 is 14.2 Å². The zero-order chi connectivity index (χ0) is 49.3. The number of unbranched alkanes of at least 4 members (excludes halogenated alkanes) is 17. The average Bonchev–Trinajstić information content (AvgIpc) is 3.34. The molecule has 1 unspecified atom stereocenters. The maximum absolute atomic E-state index is 12.8. The molecule has 0 aromatic rings. The van der Waals surface area contributed by atoms with Gasteiger partial charge >= 0.3 is 17.9 Å². The highest BCUT2D eigenvalue weighted by Crippen LogP contribution is 2.12. The van der Waals surface area contributed by atoms with Crippen LogP contribution in [0.25, 0.3) is 0 Å². The van der Waals surface area contributed by atoms with Crippen LogP contribution in [-0.2, 0) is 28.6 Å². The van der Waals surface area contributed by atoms with Crippen molar-refractivity contribution in [1.29, 1.82) is 0 Å². The van der Waals surface area contributed by atoms with Crippen LogP contribution in [0.15, 0.2) is 134 Å². The summed E-state index contributed by atoms with van der Waals surface area (Å²) in [4.78, 5) is 38.0. The van der Waals surface area contributed by atoms with E-state index >= 15 is 0 Å². The number of allylic oxidation sites excluding steroid dienone is 22. The Balaban J connectivity index is 4.58. The quantitative estimate of drug-likeness (QED) is 0.0199. The van der Waals surface area contributed by atoms with Crippen LogP contribution in [0.5, 0.6) is 0 Å². The topological polar surface area (TPSA) is 78.9 Å². The number of carbonyl (C=O) groups is 3. The van der Waals surface area contributed by atoms with E-state index in [2.05, 4.69) is 148 Å². The lowest BCUT2D eigenvalue weighted by Gasteiger charge is -2.18. The maximum Gasteiger partial charge on any atom is 0.306 e. The van der Waals surface area contributed by atoms with E-state index < -0.39 is 6.10 Å². The molecule has 1 atom stereocenters. The Bertz CT molecular complexity index is 1500. The fraction of sp³-hybridized carbons (Fsp3) is 0.597. The van der Waals surface area contributed by atoms with E-state index in [1.54, 1.807) is 0 Å². The zero-order valence-electron chi connectivity index (χ0n) is 43.6. The van der Waals surface area contributed by atoms with E-state index in [1.807, 2.05) is 6.08 Å². The maximum atomic E-state index is 12.8. The van der Waals surface area contributed by atoms with Gasteiger partial charge in [0.1, 0.15) is 13.2 Å². The third kappa shape index (κ3) is 52.5. The Kier molecular flexibility index (Phi) is 51.5. The Morgan fingerprint density at radius 2 is 0.662 bits per heavy atom. The summed E-state index contributed by atoms with van der Waals surface area (Å²) in [5.41, 5.74) is 0. The minimum absolute atomic E-state index is 0.127. The van der Waals surface area contributed by atoms with Crippen molar-refractivity contribution in [3.63, 3.8) is 0 Å². The largest absolute Gasteiger partial charge is 0.462 e. The second-order valence-electron chi connectivity index (χ2n) is 17.5. The Labute approximate surface area is 417 Å². The fourth-order valence-corrected chi connectivity index (χ4v) is 6.88. The van der Waals surface area contributed by atoms with Gasteiger partial charge in [-0.25, -0.2) is 0 Å². The van der Waals surface area contributed by atoms with E-state index in [4.69, 9.17) is 14.2 Å². The Hall–Kier alpha value is -4.45. The molecule has 382 valence electrons. The van der Waals surface area contributed by atoms with Gasteiger partial charge in [-0.15, -0.1) is 0 Å². The summed E-state index contributed by atoms with van der Waals surface area (Å²) >= 11 is 0. The first-order chi connectivity index (χ1) is 33.5. The highest BCUT2D eigenvalue weighted by molar-refractivity contribution is 5.71. The minimum Gasteiger partial charge on any atom is -0.462 e. The second-order valence-corrected chi connectivity index (χ2v) is 17.5. The highest BCUT2D eigenvalue weighted by atomic mass is 16.6. The molecule has 6 nitrogen and oxygen atoms in total. The number of hydrogen-bond acceptors (Lipinski definition) is 6. The van der Waals surface area contributed by atoms with Crippen molar-refractivity contribution in [3.8, 4) is 0 Å². The standard InChI is InChI=1S/C62H98O6/c1-4-7-10-13-16-19-22-25-27-29-31-33-34-37-40-43-46-49-52-55-61(64)67-58-59(57-66-60(63)54-51-48-45-42-39-36-24-21-18-15-12-9-6-3)68-62(65)56-53-50-47-44-41-38-35-32-30-28-26-23-20-17-14-11-8-5-2/h7,10,16-17,19-20,23,25-28,30-33,35-37,39-40,45,48,59H,4-6,8-9,11-15,18,21-22,24,29,34,38,41-44,46-47,49-58H2,1-3H3/b10-7-,19-16-,20-17-,26-23-,27-25-,30-28-,33-31-,35-32-,39-36-,40-37-,48-45-. The number of ether oxygens (including phenoxy) is 3.